The molecule has 1 aliphatic heterocycles. The summed E-state index contributed by atoms with van der Waals surface area (Å²) in [6.45, 7) is 7.79. The summed E-state index contributed by atoms with van der Waals surface area (Å²) in [5.74, 6) is -0.806. The first-order valence-corrected chi connectivity index (χ1v) is 10.4. The topological polar surface area (TPSA) is 107 Å². The van der Waals surface area contributed by atoms with Gasteiger partial charge in [0.25, 0.3) is 5.91 Å². The molecule has 0 spiro atoms. The summed E-state index contributed by atoms with van der Waals surface area (Å²) in [4.78, 5) is 43.0. The van der Waals surface area contributed by atoms with E-state index in [-0.39, 0.29) is 11.7 Å². The monoisotopic (exact) mass is 441 g/mol. The van der Waals surface area contributed by atoms with Gasteiger partial charge in [-0.15, -0.1) is 0 Å². The summed E-state index contributed by atoms with van der Waals surface area (Å²) in [5, 5.41) is 2.66. The normalized spacial score (nSPS) is 14.6. The minimum Gasteiger partial charge on any atom is -0.459 e. The molecule has 2 aromatic rings. The standard InChI is InChI=1S/C23H27N3O6/c1-15(2)31-22(28)17-4-7-19(8-5-17)25-21(27)16(3)32-23(29)18-6-9-20(24-14-18)26-10-12-30-13-11-26/h4-9,14-16H,10-13H2,1-3H3,(H,25,27)/t16-/m1/s1. The lowest BCUT2D eigenvalue weighted by molar-refractivity contribution is -0.123. The molecule has 32 heavy (non-hydrogen) atoms. The number of esters is 2. The van der Waals surface area contributed by atoms with Gasteiger partial charge in [0.05, 0.1) is 30.4 Å². The smallest absolute Gasteiger partial charge is 0.340 e. The maximum atomic E-state index is 12.4. The minimum absolute atomic E-state index is 0.219. The molecule has 0 aliphatic carbocycles. The fourth-order valence-electron chi connectivity index (χ4n) is 2.98. The Morgan fingerprint density at radius 2 is 1.56 bits per heavy atom. The third-order valence-corrected chi connectivity index (χ3v) is 4.70. The maximum absolute atomic E-state index is 12.4. The average molecular weight is 441 g/mol. The van der Waals surface area contributed by atoms with Crippen molar-refractivity contribution in [3.8, 4) is 0 Å². The zero-order chi connectivity index (χ0) is 23.1. The molecule has 1 atom stereocenters. The summed E-state index contributed by atoms with van der Waals surface area (Å²) in [6, 6.07) is 9.64. The number of carbonyl (C=O) groups is 3. The minimum atomic E-state index is -1.02. The molecule has 0 bridgehead atoms. The lowest BCUT2D eigenvalue weighted by Gasteiger charge is -2.27. The molecule has 3 rings (SSSR count). The van der Waals surface area contributed by atoms with E-state index in [2.05, 4.69) is 15.2 Å². The van der Waals surface area contributed by atoms with Crippen LogP contribution in [0.15, 0.2) is 42.6 Å². The van der Waals surface area contributed by atoms with E-state index in [1.54, 1.807) is 50.2 Å². The molecule has 1 fully saturated rings. The quantitative estimate of drug-likeness (QED) is 0.654. The number of rotatable bonds is 7. The first-order chi connectivity index (χ1) is 15.3. The molecule has 2 heterocycles. The van der Waals surface area contributed by atoms with Gasteiger partial charge in [0.2, 0.25) is 0 Å². The second-order valence-electron chi connectivity index (χ2n) is 7.57. The van der Waals surface area contributed by atoms with E-state index in [0.29, 0.717) is 24.5 Å². The summed E-state index contributed by atoms with van der Waals surface area (Å²) in [5.41, 5.74) is 1.11. The second kappa shape index (κ2) is 10.7. The summed E-state index contributed by atoms with van der Waals surface area (Å²) >= 11 is 0. The Bertz CT molecular complexity index is 937. The lowest BCUT2D eigenvalue weighted by Crippen LogP contribution is -2.36. The molecule has 9 nitrogen and oxygen atoms in total. The molecule has 9 heteroatoms. The highest BCUT2D eigenvalue weighted by atomic mass is 16.5. The number of morpholine rings is 1. The number of pyridine rings is 1. The van der Waals surface area contributed by atoms with Crippen molar-refractivity contribution >= 4 is 29.4 Å². The van der Waals surface area contributed by atoms with Crippen LogP contribution in [-0.4, -0.2) is 61.3 Å². The van der Waals surface area contributed by atoms with Crippen LogP contribution in [0.1, 0.15) is 41.5 Å². The fraction of sp³-hybridized carbons (Fsp3) is 0.391. The SMILES string of the molecule is CC(C)OC(=O)c1ccc(NC(=O)[C@@H](C)OC(=O)c2ccc(N3CCOCC3)nc2)cc1. The van der Waals surface area contributed by atoms with E-state index in [1.165, 1.54) is 13.1 Å². The molecule has 170 valence electrons. The number of aromatic nitrogens is 1. The van der Waals surface area contributed by atoms with E-state index in [9.17, 15) is 14.4 Å². The lowest BCUT2D eigenvalue weighted by atomic mass is 10.2. The maximum Gasteiger partial charge on any atom is 0.340 e. The zero-order valence-electron chi connectivity index (χ0n) is 18.4. The highest BCUT2D eigenvalue weighted by molar-refractivity contribution is 5.97. The number of hydrogen-bond acceptors (Lipinski definition) is 8. The fourth-order valence-corrected chi connectivity index (χ4v) is 2.98. The van der Waals surface area contributed by atoms with Gasteiger partial charge in [-0.1, -0.05) is 0 Å². The van der Waals surface area contributed by atoms with Crippen molar-refractivity contribution in [3.63, 3.8) is 0 Å². The molecule has 1 aromatic carbocycles. The molecule has 1 saturated heterocycles. The highest BCUT2D eigenvalue weighted by Gasteiger charge is 2.20. The van der Waals surface area contributed by atoms with Gasteiger partial charge in [0.15, 0.2) is 6.10 Å². The molecule has 0 saturated carbocycles. The van der Waals surface area contributed by atoms with Gasteiger partial charge < -0.3 is 24.4 Å². The van der Waals surface area contributed by atoms with Crippen molar-refractivity contribution < 1.29 is 28.6 Å². The van der Waals surface area contributed by atoms with Crippen molar-refractivity contribution in [1.29, 1.82) is 0 Å². The Hall–Kier alpha value is -3.46. The molecule has 0 unspecified atom stereocenters. The van der Waals surface area contributed by atoms with E-state index >= 15 is 0 Å². The Morgan fingerprint density at radius 1 is 0.938 bits per heavy atom. The van der Waals surface area contributed by atoms with Crippen LogP contribution in [0.2, 0.25) is 0 Å². The van der Waals surface area contributed by atoms with Gasteiger partial charge in [0, 0.05) is 25.0 Å². The van der Waals surface area contributed by atoms with Crippen LogP contribution in [0.5, 0.6) is 0 Å². The largest absolute Gasteiger partial charge is 0.459 e. The highest BCUT2D eigenvalue weighted by Crippen LogP contribution is 2.15. The number of nitrogens with zero attached hydrogens (tertiary/aromatic N) is 2. The zero-order valence-corrected chi connectivity index (χ0v) is 18.4. The predicted molar refractivity (Wildman–Crippen MR) is 118 cm³/mol. The van der Waals surface area contributed by atoms with Gasteiger partial charge in [-0.3, -0.25) is 4.79 Å². The van der Waals surface area contributed by atoms with Crippen LogP contribution in [0, 0.1) is 0 Å². The molecule has 0 radical (unpaired) electrons. The Morgan fingerprint density at radius 3 is 2.16 bits per heavy atom. The number of nitrogens with one attached hydrogen (secondary N) is 1. The van der Waals surface area contributed by atoms with E-state index < -0.39 is 23.9 Å². The second-order valence-corrected chi connectivity index (χ2v) is 7.57. The van der Waals surface area contributed by atoms with Crippen LogP contribution < -0.4 is 10.2 Å². The van der Waals surface area contributed by atoms with Gasteiger partial charge >= 0.3 is 11.9 Å². The van der Waals surface area contributed by atoms with Crippen molar-refractivity contribution in [1.82, 2.24) is 4.98 Å². The number of hydrogen-bond donors (Lipinski definition) is 1. The van der Waals surface area contributed by atoms with Crippen molar-refractivity contribution in [2.45, 2.75) is 33.0 Å². The molecule has 1 aromatic heterocycles. The van der Waals surface area contributed by atoms with Crippen molar-refractivity contribution in [2.24, 2.45) is 0 Å². The van der Waals surface area contributed by atoms with E-state index in [0.717, 1.165) is 18.9 Å². The molecular weight excluding hydrogens is 414 g/mol. The Balaban J connectivity index is 1.52. The average Bonchev–Trinajstić information content (AvgIpc) is 2.79. The van der Waals surface area contributed by atoms with Crippen LogP contribution in [0.25, 0.3) is 0 Å². The summed E-state index contributed by atoms with van der Waals surface area (Å²) < 4.78 is 15.7. The first kappa shape index (κ1) is 23.2. The molecule has 1 aliphatic rings. The number of anilines is 2. The van der Waals surface area contributed by atoms with Gasteiger partial charge in [0.1, 0.15) is 5.82 Å². The first-order valence-electron chi connectivity index (χ1n) is 10.4. The number of carbonyl (C=O) groups excluding carboxylic acids is 3. The van der Waals surface area contributed by atoms with Gasteiger partial charge in [-0.05, 0) is 57.2 Å². The van der Waals surface area contributed by atoms with Crippen molar-refractivity contribution in [3.05, 3.63) is 53.7 Å². The van der Waals surface area contributed by atoms with E-state index in [4.69, 9.17) is 14.2 Å². The van der Waals surface area contributed by atoms with Crippen molar-refractivity contribution in [2.75, 3.05) is 36.5 Å². The summed E-state index contributed by atoms with van der Waals surface area (Å²) in [6.07, 6.45) is 0.197. The van der Waals surface area contributed by atoms with Crippen LogP contribution >= 0.6 is 0 Å². The number of amides is 1. The third-order valence-electron chi connectivity index (χ3n) is 4.70. The molecule has 1 N–H and O–H groups in total. The molecular formula is C23H27N3O6. The summed E-state index contributed by atoms with van der Waals surface area (Å²) in [7, 11) is 0. The Labute approximate surface area is 186 Å². The predicted octanol–water partition coefficient (Wildman–Crippen LogP) is 2.67. The molecule has 1 amide bonds. The van der Waals surface area contributed by atoms with Crippen LogP contribution in [0.4, 0.5) is 11.5 Å². The van der Waals surface area contributed by atoms with Gasteiger partial charge in [-0.25, -0.2) is 14.6 Å². The third kappa shape index (κ3) is 6.27. The van der Waals surface area contributed by atoms with Crippen LogP contribution in [0.3, 0.4) is 0 Å². The Kier molecular flexibility index (Phi) is 7.77. The number of ether oxygens (including phenoxy) is 3. The van der Waals surface area contributed by atoms with E-state index in [1.807, 2.05) is 0 Å². The van der Waals surface area contributed by atoms with Gasteiger partial charge in [-0.2, -0.15) is 0 Å². The van der Waals surface area contributed by atoms with Crippen LogP contribution in [-0.2, 0) is 19.0 Å². The number of benzene rings is 1.